The van der Waals surface area contributed by atoms with Crippen LogP contribution in [0.1, 0.15) is 20.8 Å². The third-order valence-corrected chi connectivity index (χ3v) is 4.98. The molecule has 1 aliphatic rings. The average molecular weight is 392 g/mol. The van der Waals surface area contributed by atoms with Crippen LogP contribution in [0.2, 0.25) is 0 Å². The van der Waals surface area contributed by atoms with Crippen molar-refractivity contribution in [3.05, 3.63) is 30.3 Å². The van der Waals surface area contributed by atoms with E-state index in [0.29, 0.717) is 19.1 Å². The number of aliphatic hydroxyl groups is 1. The highest BCUT2D eigenvalue weighted by Crippen LogP contribution is 2.13. The molecule has 2 unspecified atom stereocenters. The van der Waals surface area contributed by atoms with Crippen LogP contribution in [0.25, 0.3) is 0 Å². The largest absolute Gasteiger partial charge is 0.387 e. The summed E-state index contributed by atoms with van der Waals surface area (Å²) in [5.74, 6) is 0.734. The van der Waals surface area contributed by atoms with Gasteiger partial charge in [0.25, 0.3) is 0 Å². The normalized spacial score (nSPS) is 19.0. The van der Waals surface area contributed by atoms with E-state index >= 15 is 0 Å². The molecule has 0 bridgehead atoms. The first-order chi connectivity index (χ1) is 13.4. The molecule has 0 spiro atoms. The van der Waals surface area contributed by atoms with Crippen LogP contribution >= 0.6 is 0 Å². The number of morpholine rings is 1. The second-order valence-corrected chi connectivity index (χ2v) is 7.76. The van der Waals surface area contributed by atoms with Crippen LogP contribution in [0.15, 0.2) is 35.3 Å². The highest BCUT2D eigenvalue weighted by Gasteiger charge is 2.25. The van der Waals surface area contributed by atoms with Gasteiger partial charge in [0.1, 0.15) is 0 Å². The highest BCUT2D eigenvalue weighted by atomic mass is 16.5. The fourth-order valence-corrected chi connectivity index (χ4v) is 3.18. The Labute approximate surface area is 169 Å². The molecule has 2 atom stereocenters. The maximum Gasteiger partial charge on any atom is 0.191 e. The molecule has 28 heavy (non-hydrogen) atoms. The molecule has 1 aliphatic heterocycles. The van der Waals surface area contributed by atoms with Crippen molar-refractivity contribution < 1.29 is 9.84 Å². The molecule has 2 rings (SSSR count). The number of benzene rings is 1. The topological polar surface area (TPSA) is 72.4 Å². The third-order valence-electron chi connectivity index (χ3n) is 4.98. The van der Waals surface area contributed by atoms with Crippen LogP contribution in [0.3, 0.4) is 0 Å². The summed E-state index contributed by atoms with van der Waals surface area (Å²) in [4.78, 5) is 9.10. The molecular formula is C21H37N5O2. The summed E-state index contributed by atoms with van der Waals surface area (Å²) >= 11 is 0. The number of anilines is 1. The van der Waals surface area contributed by atoms with E-state index in [2.05, 4.69) is 51.5 Å². The molecule has 0 radical (unpaired) electrons. The highest BCUT2D eigenvalue weighted by molar-refractivity contribution is 5.79. The lowest BCUT2D eigenvalue weighted by molar-refractivity contribution is -0.0179. The summed E-state index contributed by atoms with van der Waals surface area (Å²) in [5, 5.41) is 17.4. The molecule has 3 N–H and O–H groups in total. The average Bonchev–Trinajstić information content (AvgIpc) is 2.70. The number of aliphatic imine (C=N–C) groups is 1. The standard InChI is InChI=1S/C21H37N5O2/c1-5-22-20(23-15-18(2)25(4)19-9-7-6-8-10-19)24-16-21(3,27)17-26-11-13-28-14-12-26/h6-10,18,27H,5,11-17H2,1-4H3,(H2,22,23,24). The lowest BCUT2D eigenvalue weighted by atomic mass is 10.1. The first-order valence-corrected chi connectivity index (χ1v) is 10.2. The van der Waals surface area contributed by atoms with Gasteiger partial charge in [0.15, 0.2) is 5.96 Å². The van der Waals surface area contributed by atoms with Gasteiger partial charge in [0, 0.05) is 51.5 Å². The zero-order chi connectivity index (χ0) is 20.4. The van der Waals surface area contributed by atoms with Crippen molar-refractivity contribution in [2.45, 2.75) is 32.4 Å². The van der Waals surface area contributed by atoms with Crippen molar-refractivity contribution in [2.24, 2.45) is 4.99 Å². The van der Waals surface area contributed by atoms with E-state index in [9.17, 15) is 5.11 Å². The minimum absolute atomic E-state index is 0.292. The van der Waals surface area contributed by atoms with Gasteiger partial charge in [-0.2, -0.15) is 0 Å². The zero-order valence-corrected chi connectivity index (χ0v) is 17.8. The van der Waals surface area contributed by atoms with Gasteiger partial charge < -0.3 is 25.4 Å². The van der Waals surface area contributed by atoms with Crippen molar-refractivity contribution in [1.82, 2.24) is 15.5 Å². The Balaban J connectivity index is 1.86. The Kier molecular flexibility index (Phi) is 9.02. The van der Waals surface area contributed by atoms with Gasteiger partial charge >= 0.3 is 0 Å². The molecule has 1 heterocycles. The molecule has 0 amide bonds. The van der Waals surface area contributed by atoms with E-state index in [-0.39, 0.29) is 0 Å². The monoisotopic (exact) mass is 391 g/mol. The lowest BCUT2D eigenvalue weighted by Crippen LogP contribution is -2.49. The Morgan fingerprint density at radius 1 is 1.29 bits per heavy atom. The van der Waals surface area contributed by atoms with Crippen LogP contribution in [-0.2, 0) is 4.74 Å². The third kappa shape index (κ3) is 7.66. The number of nitrogens with one attached hydrogen (secondary N) is 2. The summed E-state index contributed by atoms with van der Waals surface area (Å²) in [5.41, 5.74) is 0.318. The van der Waals surface area contributed by atoms with Crippen LogP contribution in [0.5, 0.6) is 0 Å². The van der Waals surface area contributed by atoms with E-state index in [1.165, 1.54) is 5.69 Å². The van der Waals surface area contributed by atoms with Gasteiger partial charge in [0.2, 0.25) is 0 Å². The van der Waals surface area contributed by atoms with Gasteiger partial charge in [-0.25, -0.2) is 0 Å². The lowest BCUT2D eigenvalue weighted by Gasteiger charge is -2.33. The summed E-state index contributed by atoms with van der Waals surface area (Å²) in [6.45, 7) is 11.7. The van der Waals surface area contributed by atoms with Crippen LogP contribution in [0.4, 0.5) is 5.69 Å². The van der Waals surface area contributed by atoms with E-state index < -0.39 is 5.60 Å². The summed E-state index contributed by atoms with van der Waals surface area (Å²) in [7, 11) is 2.10. The molecule has 0 saturated carbocycles. The minimum atomic E-state index is -0.869. The molecule has 0 aliphatic carbocycles. The molecule has 1 saturated heterocycles. The smallest absolute Gasteiger partial charge is 0.191 e. The number of β-amino-alcohol motifs (C(OH)–C–C–N with tert-alkyl or cyclic N) is 1. The van der Waals surface area contributed by atoms with Crippen LogP contribution in [0, 0.1) is 0 Å². The van der Waals surface area contributed by atoms with Gasteiger partial charge in [-0.3, -0.25) is 9.89 Å². The fraction of sp³-hybridized carbons (Fsp3) is 0.667. The van der Waals surface area contributed by atoms with E-state index in [4.69, 9.17) is 4.74 Å². The number of nitrogens with zero attached hydrogens (tertiary/aromatic N) is 3. The van der Waals surface area contributed by atoms with E-state index in [0.717, 1.165) is 45.4 Å². The van der Waals surface area contributed by atoms with Crippen molar-refractivity contribution in [1.29, 1.82) is 0 Å². The number of para-hydroxylation sites is 1. The molecule has 0 aromatic heterocycles. The summed E-state index contributed by atoms with van der Waals surface area (Å²) in [6.07, 6.45) is 0. The number of hydrogen-bond acceptors (Lipinski definition) is 5. The maximum absolute atomic E-state index is 10.7. The molecule has 1 aromatic rings. The maximum atomic E-state index is 10.7. The minimum Gasteiger partial charge on any atom is -0.387 e. The number of ether oxygens (including phenoxy) is 1. The molecule has 1 aromatic carbocycles. The Hall–Kier alpha value is -1.83. The molecule has 1 fully saturated rings. The van der Waals surface area contributed by atoms with Crippen molar-refractivity contribution in [3.8, 4) is 0 Å². The Morgan fingerprint density at radius 3 is 2.61 bits per heavy atom. The number of rotatable bonds is 9. The zero-order valence-electron chi connectivity index (χ0n) is 17.8. The Morgan fingerprint density at radius 2 is 1.96 bits per heavy atom. The van der Waals surface area contributed by atoms with Crippen LogP contribution in [-0.4, -0.2) is 87.1 Å². The molecule has 158 valence electrons. The quantitative estimate of drug-likeness (QED) is 0.433. The second-order valence-electron chi connectivity index (χ2n) is 7.76. The van der Waals surface area contributed by atoms with Gasteiger partial charge in [-0.1, -0.05) is 18.2 Å². The molecule has 7 nitrogen and oxygen atoms in total. The van der Waals surface area contributed by atoms with Gasteiger partial charge in [0.05, 0.1) is 25.4 Å². The van der Waals surface area contributed by atoms with E-state index in [1.807, 2.05) is 32.0 Å². The second kappa shape index (κ2) is 11.2. The SMILES string of the molecule is CCNC(=NCC(C)(O)CN1CCOCC1)NCC(C)N(C)c1ccccc1. The number of guanidine groups is 1. The van der Waals surface area contributed by atoms with Crippen molar-refractivity contribution >= 4 is 11.6 Å². The fourth-order valence-electron chi connectivity index (χ4n) is 3.18. The first-order valence-electron chi connectivity index (χ1n) is 10.2. The number of likely N-dealkylation sites (N-methyl/N-ethyl adjacent to an activating group) is 1. The Bertz CT molecular complexity index is 588. The van der Waals surface area contributed by atoms with Crippen molar-refractivity contribution in [3.63, 3.8) is 0 Å². The predicted molar refractivity (Wildman–Crippen MR) is 116 cm³/mol. The van der Waals surface area contributed by atoms with E-state index in [1.54, 1.807) is 0 Å². The van der Waals surface area contributed by atoms with Crippen LogP contribution < -0.4 is 15.5 Å². The van der Waals surface area contributed by atoms with Gasteiger partial charge in [-0.05, 0) is 32.9 Å². The molecular weight excluding hydrogens is 354 g/mol. The predicted octanol–water partition coefficient (Wildman–Crippen LogP) is 1.15. The molecule has 7 heteroatoms. The van der Waals surface area contributed by atoms with Gasteiger partial charge in [-0.15, -0.1) is 0 Å². The summed E-state index contributed by atoms with van der Waals surface area (Å²) < 4.78 is 5.38. The summed E-state index contributed by atoms with van der Waals surface area (Å²) in [6, 6.07) is 10.6. The first kappa shape index (κ1) is 22.5. The van der Waals surface area contributed by atoms with Crippen molar-refractivity contribution in [2.75, 3.05) is 64.4 Å². The number of hydrogen-bond donors (Lipinski definition) is 3.